The first-order valence-corrected chi connectivity index (χ1v) is 8.95. The van der Waals surface area contributed by atoms with Crippen LogP contribution in [0.2, 0.25) is 0 Å². The molecule has 0 unspecified atom stereocenters. The molecule has 2 aromatic rings. The molecule has 1 N–H and O–H groups in total. The van der Waals surface area contributed by atoms with Gasteiger partial charge in [0.05, 0.1) is 19.2 Å². The van der Waals surface area contributed by atoms with Crippen molar-refractivity contribution in [3.05, 3.63) is 58.1 Å². The molecule has 0 aliphatic heterocycles. The maximum Gasteiger partial charge on any atom is 0.252 e. The van der Waals surface area contributed by atoms with Crippen LogP contribution in [0.4, 0.5) is 0 Å². The highest BCUT2D eigenvalue weighted by atomic mass is 79.9. The Hall–Kier alpha value is -2.01. The van der Waals surface area contributed by atoms with E-state index in [0.717, 1.165) is 10.2 Å². The van der Waals surface area contributed by atoms with E-state index >= 15 is 0 Å². The lowest BCUT2D eigenvalue weighted by Gasteiger charge is -2.19. The second kappa shape index (κ2) is 8.39. The normalized spacial score (nSPS) is 11.1. The van der Waals surface area contributed by atoms with Crippen LogP contribution in [-0.4, -0.2) is 26.2 Å². The van der Waals surface area contributed by atoms with Gasteiger partial charge >= 0.3 is 0 Å². The first-order valence-electron chi connectivity index (χ1n) is 8.16. The number of carbonyl (C=O) groups excluding carboxylic acids is 1. The first-order chi connectivity index (χ1) is 11.8. The van der Waals surface area contributed by atoms with E-state index in [1.165, 1.54) is 5.56 Å². The molecule has 4 nitrogen and oxygen atoms in total. The van der Waals surface area contributed by atoms with Crippen molar-refractivity contribution in [1.82, 2.24) is 5.32 Å². The van der Waals surface area contributed by atoms with Crippen molar-refractivity contribution in [2.75, 3.05) is 20.3 Å². The molecule has 0 atom stereocenters. The van der Waals surface area contributed by atoms with Crippen molar-refractivity contribution in [1.29, 1.82) is 0 Å². The first kappa shape index (κ1) is 19.3. The Labute approximate surface area is 157 Å². The van der Waals surface area contributed by atoms with Gasteiger partial charge in [0.1, 0.15) is 18.1 Å². The van der Waals surface area contributed by atoms with E-state index in [9.17, 15) is 4.79 Å². The smallest absolute Gasteiger partial charge is 0.252 e. The minimum Gasteiger partial charge on any atom is -0.497 e. The van der Waals surface area contributed by atoms with Crippen LogP contribution in [-0.2, 0) is 5.41 Å². The molecule has 0 saturated carbocycles. The number of hydrogen-bond donors (Lipinski definition) is 1. The molecular formula is C20H24BrNO3. The summed E-state index contributed by atoms with van der Waals surface area (Å²) in [5.41, 5.74) is 1.92. The molecule has 0 aromatic heterocycles. The third-order valence-corrected chi connectivity index (χ3v) is 4.49. The summed E-state index contributed by atoms with van der Waals surface area (Å²) in [7, 11) is 1.57. The van der Waals surface area contributed by atoms with Crippen molar-refractivity contribution in [2.24, 2.45) is 0 Å². The van der Waals surface area contributed by atoms with Crippen LogP contribution in [0.25, 0.3) is 0 Å². The summed E-state index contributed by atoms with van der Waals surface area (Å²) in [6, 6.07) is 13.3. The number of halogens is 1. The molecule has 2 rings (SSSR count). The highest BCUT2D eigenvalue weighted by Crippen LogP contribution is 2.24. The van der Waals surface area contributed by atoms with Crippen molar-refractivity contribution in [3.63, 3.8) is 0 Å². The van der Waals surface area contributed by atoms with E-state index in [1.54, 1.807) is 25.3 Å². The van der Waals surface area contributed by atoms with Gasteiger partial charge < -0.3 is 14.8 Å². The lowest BCUT2D eigenvalue weighted by Crippen LogP contribution is -2.28. The summed E-state index contributed by atoms with van der Waals surface area (Å²) in [4.78, 5) is 12.2. The van der Waals surface area contributed by atoms with Gasteiger partial charge in [0.2, 0.25) is 0 Å². The summed E-state index contributed by atoms with van der Waals surface area (Å²) in [6.07, 6.45) is 0. The van der Waals surface area contributed by atoms with Gasteiger partial charge in [0, 0.05) is 4.47 Å². The minimum atomic E-state index is -0.169. The van der Waals surface area contributed by atoms with Crippen molar-refractivity contribution < 1.29 is 14.3 Å². The van der Waals surface area contributed by atoms with Crippen LogP contribution in [0, 0.1) is 0 Å². The Morgan fingerprint density at radius 2 is 1.72 bits per heavy atom. The monoisotopic (exact) mass is 405 g/mol. The van der Waals surface area contributed by atoms with E-state index in [0.29, 0.717) is 24.5 Å². The number of nitrogens with one attached hydrogen (secondary N) is 1. The average Bonchev–Trinajstić information content (AvgIpc) is 2.58. The number of benzene rings is 2. The Balaban J connectivity index is 1.84. The lowest BCUT2D eigenvalue weighted by molar-refractivity contribution is 0.0946. The second-order valence-electron chi connectivity index (χ2n) is 6.72. The number of amides is 1. The average molecular weight is 406 g/mol. The van der Waals surface area contributed by atoms with E-state index in [4.69, 9.17) is 9.47 Å². The largest absolute Gasteiger partial charge is 0.497 e. The molecule has 0 spiro atoms. The fourth-order valence-electron chi connectivity index (χ4n) is 2.29. The standard InChI is InChI=1S/C20H24BrNO3/c1-20(2,3)14-5-7-15(8-6-14)25-12-11-22-19(23)17-13-16(24-4)9-10-18(17)21/h5-10,13H,11-12H2,1-4H3,(H,22,23). The maximum absolute atomic E-state index is 12.2. The molecule has 0 bridgehead atoms. The Morgan fingerprint density at radius 3 is 2.32 bits per heavy atom. The van der Waals surface area contributed by atoms with Gasteiger partial charge in [-0.1, -0.05) is 32.9 Å². The quantitative estimate of drug-likeness (QED) is 0.716. The van der Waals surface area contributed by atoms with Gasteiger partial charge in [0.25, 0.3) is 5.91 Å². The molecule has 0 aliphatic carbocycles. The molecular weight excluding hydrogens is 382 g/mol. The molecule has 0 aliphatic rings. The van der Waals surface area contributed by atoms with Crippen LogP contribution in [0.3, 0.4) is 0 Å². The molecule has 25 heavy (non-hydrogen) atoms. The fraction of sp³-hybridized carbons (Fsp3) is 0.350. The number of ether oxygens (including phenoxy) is 2. The number of rotatable bonds is 6. The summed E-state index contributed by atoms with van der Waals surface area (Å²) in [5.74, 6) is 1.27. The highest BCUT2D eigenvalue weighted by Gasteiger charge is 2.13. The van der Waals surface area contributed by atoms with Crippen molar-refractivity contribution >= 4 is 21.8 Å². The zero-order chi connectivity index (χ0) is 18.4. The van der Waals surface area contributed by atoms with Gasteiger partial charge in [-0.2, -0.15) is 0 Å². The third-order valence-electron chi connectivity index (χ3n) is 3.79. The summed E-state index contributed by atoms with van der Waals surface area (Å²) >= 11 is 3.38. The molecule has 0 saturated heterocycles. The molecule has 0 heterocycles. The Bertz CT molecular complexity index is 721. The number of methoxy groups -OCH3 is 1. The van der Waals surface area contributed by atoms with E-state index < -0.39 is 0 Å². The Kier molecular flexibility index (Phi) is 6.48. The molecule has 1 amide bonds. The SMILES string of the molecule is COc1ccc(Br)c(C(=O)NCCOc2ccc(C(C)(C)C)cc2)c1. The molecule has 2 aromatic carbocycles. The van der Waals surface area contributed by atoms with Gasteiger partial charge in [-0.3, -0.25) is 4.79 Å². The maximum atomic E-state index is 12.2. The summed E-state index contributed by atoms with van der Waals surface area (Å²) in [5, 5.41) is 2.85. The van der Waals surface area contributed by atoms with Gasteiger partial charge in [0.15, 0.2) is 0 Å². The van der Waals surface area contributed by atoms with Gasteiger partial charge in [-0.15, -0.1) is 0 Å². The second-order valence-corrected chi connectivity index (χ2v) is 7.58. The predicted molar refractivity (Wildman–Crippen MR) is 104 cm³/mol. The molecule has 0 fully saturated rings. The van der Waals surface area contributed by atoms with Crippen molar-refractivity contribution in [3.8, 4) is 11.5 Å². The molecule has 0 radical (unpaired) electrons. The zero-order valence-corrected chi connectivity index (χ0v) is 16.6. The summed E-state index contributed by atoms with van der Waals surface area (Å²) in [6.45, 7) is 7.35. The summed E-state index contributed by atoms with van der Waals surface area (Å²) < 4.78 is 11.6. The van der Waals surface area contributed by atoms with Gasteiger partial charge in [-0.05, 0) is 57.2 Å². The third kappa shape index (κ3) is 5.49. The van der Waals surface area contributed by atoms with Crippen LogP contribution in [0.5, 0.6) is 11.5 Å². The van der Waals surface area contributed by atoms with Crippen LogP contribution < -0.4 is 14.8 Å². The Morgan fingerprint density at radius 1 is 1.08 bits per heavy atom. The van der Waals surface area contributed by atoms with Crippen molar-refractivity contribution in [2.45, 2.75) is 26.2 Å². The number of hydrogen-bond acceptors (Lipinski definition) is 3. The minimum absolute atomic E-state index is 0.122. The van der Waals surface area contributed by atoms with E-state index in [2.05, 4.69) is 54.2 Å². The molecule has 5 heteroatoms. The van der Waals surface area contributed by atoms with E-state index in [-0.39, 0.29) is 11.3 Å². The molecule has 134 valence electrons. The topological polar surface area (TPSA) is 47.6 Å². The van der Waals surface area contributed by atoms with Gasteiger partial charge in [-0.25, -0.2) is 0 Å². The highest BCUT2D eigenvalue weighted by molar-refractivity contribution is 9.10. The van der Waals surface area contributed by atoms with E-state index in [1.807, 2.05) is 12.1 Å². The number of carbonyl (C=O) groups is 1. The fourth-order valence-corrected chi connectivity index (χ4v) is 2.71. The van der Waals surface area contributed by atoms with Crippen LogP contribution in [0.15, 0.2) is 46.9 Å². The predicted octanol–water partition coefficient (Wildman–Crippen LogP) is 4.56. The van der Waals surface area contributed by atoms with Crippen LogP contribution in [0.1, 0.15) is 36.7 Å². The lowest BCUT2D eigenvalue weighted by atomic mass is 9.87. The zero-order valence-electron chi connectivity index (χ0n) is 15.1. The van der Waals surface area contributed by atoms with Crippen LogP contribution >= 0.6 is 15.9 Å².